The highest BCUT2D eigenvalue weighted by Gasteiger charge is 2.05. The Morgan fingerprint density at radius 2 is 2.14 bits per heavy atom. The first-order chi connectivity index (χ1) is 6.65. The molecule has 0 amide bonds. The maximum Gasteiger partial charge on any atom is 0.162 e. The van der Waals surface area contributed by atoms with E-state index in [-0.39, 0.29) is 5.78 Å². The number of aryl methyl sites for hydroxylation is 1. The van der Waals surface area contributed by atoms with Crippen molar-refractivity contribution in [1.29, 1.82) is 0 Å². The summed E-state index contributed by atoms with van der Waals surface area (Å²) in [6, 6.07) is 5.77. The SMILES string of the molecule is CCCCC(=O)c1ccc(Br)c(C)c1. The van der Waals surface area contributed by atoms with E-state index in [2.05, 4.69) is 22.9 Å². The number of halogens is 1. The van der Waals surface area contributed by atoms with Crippen LogP contribution in [0.25, 0.3) is 0 Å². The molecule has 1 rings (SSSR count). The summed E-state index contributed by atoms with van der Waals surface area (Å²) in [6.45, 7) is 4.10. The zero-order chi connectivity index (χ0) is 10.6. The van der Waals surface area contributed by atoms with Crippen molar-refractivity contribution in [2.24, 2.45) is 0 Å². The average Bonchev–Trinajstić information content (AvgIpc) is 2.18. The fourth-order valence-electron chi connectivity index (χ4n) is 1.30. The Morgan fingerprint density at radius 3 is 2.71 bits per heavy atom. The molecule has 0 spiro atoms. The van der Waals surface area contributed by atoms with Gasteiger partial charge >= 0.3 is 0 Å². The molecule has 0 fully saturated rings. The van der Waals surface area contributed by atoms with Crippen molar-refractivity contribution in [2.45, 2.75) is 33.1 Å². The number of carbonyl (C=O) groups excluding carboxylic acids is 1. The molecule has 1 aromatic rings. The van der Waals surface area contributed by atoms with E-state index in [1.165, 1.54) is 0 Å². The summed E-state index contributed by atoms with van der Waals surface area (Å²) in [7, 11) is 0. The van der Waals surface area contributed by atoms with Crippen molar-refractivity contribution < 1.29 is 4.79 Å². The Bertz CT molecular complexity index is 331. The third-order valence-electron chi connectivity index (χ3n) is 2.24. The highest BCUT2D eigenvalue weighted by atomic mass is 79.9. The molecule has 0 aliphatic heterocycles. The lowest BCUT2D eigenvalue weighted by Gasteiger charge is -2.02. The molecule has 0 N–H and O–H groups in total. The molecule has 76 valence electrons. The van der Waals surface area contributed by atoms with Gasteiger partial charge in [0.05, 0.1) is 0 Å². The first-order valence-corrected chi connectivity index (χ1v) is 5.73. The Balaban J connectivity index is 2.76. The summed E-state index contributed by atoms with van der Waals surface area (Å²) >= 11 is 3.42. The van der Waals surface area contributed by atoms with Gasteiger partial charge in [-0.25, -0.2) is 0 Å². The van der Waals surface area contributed by atoms with Gasteiger partial charge in [0.25, 0.3) is 0 Å². The number of Topliss-reactive ketones (excluding diaryl/α,β-unsaturated/α-hetero) is 1. The predicted octanol–water partition coefficient (Wildman–Crippen LogP) is 4.13. The van der Waals surface area contributed by atoms with Crippen molar-refractivity contribution >= 4 is 21.7 Å². The van der Waals surface area contributed by atoms with E-state index in [0.717, 1.165) is 28.4 Å². The molecule has 0 atom stereocenters. The van der Waals surface area contributed by atoms with Crippen LogP contribution < -0.4 is 0 Å². The molecule has 0 aromatic heterocycles. The molecule has 0 unspecified atom stereocenters. The molecule has 2 heteroatoms. The summed E-state index contributed by atoms with van der Waals surface area (Å²) in [5.74, 6) is 0.252. The summed E-state index contributed by atoms with van der Waals surface area (Å²) in [4.78, 5) is 11.7. The fourth-order valence-corrected chi connectivity index (χ4v) is 1.55. The molecule has 0 aliphatic rings. The minimum absolute atomic E-state index is 0.252. The van der Waals surface area contributed by atoms with Gasteiger partial charge in [-0.3, -0.25) is 4.79 Å². The van der Waals surface area contributed by atoms with E-state index in [0.29, 0.717) is 6.42 Å². The topological polar surface area (TPSA) is 17.1 Å². The zero-order valence-corrected chi connectivity index (χ0v) is 10.2. The Morgan fingerprint density at radius 1 is 1.43 bits per heavy atom. The first-order valence-electron chi connectivity index (χ1n) is 4.94. The van der Waals surface area contributed by atoms with Crippen LogP contribution in [0.1, 0.15) is 42.1 Å². The van der Waals surface area contributed by atoms with Gasteiger partial charge in [0.1, 0.15) is 0 Å². The van der Waals surface area contributed by atoms with Crippen LogP contribution in [0.5, 0.6) is 0 Å². The summed E-state index contributed by atoms with van der Waals surface area (Å²) in [5.41, 5.74) is 1.95. The second kappa shape index (κ2) is 5.30. The lowest BCUT2D eigenvalue weighted by atomic mass is 10.0. The molecule has 1 aromatic carbocycles. The summed E-state index contributed by atoms with van der Waals surface area (Å²) in [6.07, 6.45) is 2.72. The van der Waals surface area contributed by atoms with Crippen molar-refractivity contribution in [3.8, 4) is 0 Å². The Labute approximate surface area is 93.7 Å². The number of hydrogen-bond acceptors (Lipinski definition) is 1. The van der Waals surface area contributed by atoms with Crippen LogP contribution in [0.15, 0.2) is 22.7 Å². The normalized spacial score (nSPS) is 10.2. The van der Waals surface area contributed by atoms with Crippen molar-refractivity contribution in [1.82, 2.24) is 0 Å². The van der Waals surface area contributed by atoms with Gasteiger partial charge in [-0.05, 0) is 31.0 Å². The van der Waals surface area contributed by atoms with Gasteiger partial charge in [-0.2, -0.15) is 0 Å². The zero-order valence-electron chi connectivity index (χ0n) is 8.64. The van der Waals surface area contributed by atoms with E-state index >= 15 is 0 Å². The molecule has 1 nitrogen and oxygen atoms in total. The fraction of sp³-hybridized carbons (Fsp3) is 0.417. The third-order valence-corrected chi connectivity index (χ3v) is 3.13. The van der Waals surface area contributed by atoms with Gasteiger partial charge in [0.15, 0.2) is 5.78 Å². The summed E-state index contributed by atoms with van der Waals surface area (Å²) in [5, 5.41) is 0. The molecular weight excluding hydrogens is 240 g/mol. The standard InChI is InChI=1S/C12H15BrO/c1-3-4-5-12(14)10-6-7-11(13)9(2)8-10/h6-8H,3-5H2,1-2H3. The van der Waals surface area contributed by atoms with Gasteiger partial charge in [-0.15, -0.1) is 0 Å². The minimum Gasteiger partial charge on any atom is -0.294 e. The van der Waals surface area contributed by atoms with Crippen LogP contribution in [0.4, 0.5) is 0 Å². The average molecular weight is 255 g/mol. The smallest absolute Gasteiger partial charge is 0.162 e. The van der Waals surface area contributed by atoms with Crippen LogP contribution in [-0.4, -0.2) is 5.78 Å². The molecule has 0 bridgehead atoms. The molecule has 0 saturated carbocycles. The van der Waals surface area contributed by atoms with Crippen LogP contribution in [0, 0.1) is 6.92 Å². The van der Waals surface area contributed by atoms with E-state index in [4.69, 9.17) is 0 Å². The largest absolute Gasteiger partial charge is 0.294 e. The molecule has 0 aliphatic carbocycles. The van der Waals surface area contributed by atoms with E-state index in [9.17, 15) is 4.79 Å². The third kappa shape index (κ3) is 2.95. The molecule has 14 heavy (non-hydrogen) atoms. The molecule has 0 saturated heterocycles. The highest BCUT2D eigenvalue weighted by Crippen LogP contribution is 2.18. The van der Waals surface area contributed by atoms with Crippen LogP contribution in [0.2, 0.25) is 0 Å². The second-order valence-corrected chi connectivity index (χ2v) is 4.35. The molecule has 0 heterocycles. The maximum atomic E-state index is 11.7. The van der Waals surface area contributed by atoms with E-state index in [1.54, 1.807) is 0 Å². The van der Waals surface area contributed by atoms with Crippen LogP contribution >= 0.6 is 15.9 Å². The first kappa shape index (κ1) is 11.4. The quantitative estimate of drug-likeness (QED) is 0.739. The van der Waals surface area contributed by atoms with Gasteiger partial charge in [0.2, 0.25) is 0 Å². The maximum absolute atomic E-state index is 11.7. The van der Waals surface area contributed by atoms with Crippen LogP contribution in [0.3, 0.4) is 0 Å². The Hall–Kier alpha value is -0.630. The van der Waals surface area contributed by atoms with E-state index in [1.807, 2.05) is 25.1 Å². The number of unbranched alkanes of at least 4 members (excludes halogenated alkanes) is 1. The van der Waals surface area contributed by atoms with Crippen molar-refractivity contribution in [3.05, 3.63) is 33.8 Å². The van der Waals surface area contributed by atoms with Crippen molar-refractivity contribution in [2.75, 3.05) is 0 Å². The number of carbonyl (C=O) groups is 1. The minimum atomic E-state index is 0.252. The van der Waals surface area contributed by atoms with Crippen molar-refractivity contribution in [3.63, 3.8) is 0 Å². The van der Waals surface area contributed by atoms with E-state index < -0.39 is 0 Å². The number of hydrogen-bond donors (Lipinski definition) is 0. The van der Waals surface area contributed by atoms with Gasteiger partial charge < -0.3 is 0 Å². The number of benzene rings is 1. The number of rotatable bonds is 4. The van der Waals surface area contributed by atoms with Crippen LogP contribution in [-0.2, 0) is 0 Å². The second-order valence-electron chi connectivity index (χ2n) is 3.49. The lowest BCUT2D eigenvalue weighted by Crippen LogP contribution is -1.98. The Kier molecular flexibility index (Phi) is 4.33. The molecular formula is C12H15BrO. The monoisotopic (exact) mass is 254 g/mol. The number of ketones is 1. The van der Waals surface area contributed by atoms with Gasteiger partial charge in [0, 0.05) is 16.5 Å². The lowest BCUT2D eigenvalue weighted by molar-refractivity contribution is 0.0979. The predicted molar refractivity (Wildman–Crippen MR) is 62.7 cm³/mol. The summed E-state index contributed by atoms with van der Waals surface area (Å²) < 4.78 is 1.06. The molecule has 0 radical (unpaired) electrons. The van der Waals surface area contributed by atoms with Gasteiger partial charge in [-0.1, -0.05) is 35.3 Å². The highest BCUT2D eigenvalue weighted by molar-refractivity contribution is 9.10.